The van der Waals surface area contributed by atoms with Crippen molar-refractivity contribution in [1.29, 1.82) is 0 Å². The number of nitrogens with one attached hydrogen (secondary N) is 4. The van der Waals surface area contributed by atoms with Gasteiger partial charge in [-0.1, -0.05) is 38.1 Å². The second-order valence-corrected chi connectivity index (χ2v) is 12.2. The minimum Gasteiger partial charge on any atom is -0.455 e. The Kier molecular flexibility index (Phi) is 10.0. The van der Waals surface area contributed by atoms with E-state index in [1.54, 1.807) is 26.0 Å². The molecule has 12 heteroatoms. The molecule has 0 radical (unpaired) electrons. The fourth-order valence-electron chi connectivity index (χ4n) is 5.69. The summed E-state index contributed by atoms with van der Waals surface area (Å²) in [5, 5.41) is 11.3. The number of benzene rings is 1. The number of fused-ring (bicyclic) bond motifs is 3. The molecular formula is C33H42N6O6. The Morgan fingerprint density at radius 2 is 1.82 bits per heavy atom. The van der Waals surface area contributed by atoms with Crippen molar-refractivity contribution < 1.29 is 28.0 Å². The molecule has 2 aromatic heterocycles. The third-order valence-corrected chi connectivity index (χ3v) is 8.31. The molecule has 0 unspecified atom stereocenters. The summed E-state index contributed by atoms with van der Waals surface area (Å²) in [7, 11) is 0. The monoisotopic (exact) mass is 618 g/mol. The highest BCUT2D eigenvalue weighted by Gasteiger charge is 2.31. The van der Waals surface area contributed by atoms with E-state index in [0.717, 1.165) is 19.5 Å². The van der Waals surface area contributed by atoms with E-state index in [9.17, 15) is 19.2 Å². The van der Waals surface area contributed by atoms with Crippen LogP contribution < -0.4 is 21.3 Å². The third-order valence-electron chi connectivity index (χ3n) is 8.31. The quantitative estimate of drug-likeness (QED) is 0.340. The molecule has 0 spiro atoms. The van der Waals surface area contributed by atoms with Crippen LogP contribution in [0.4, 0.5) is 0 Å². The molecular weight excluding hydrogens is 576 g/mol. The minimum atomic E-state index is -0.882. The first kappa shape index (κ1) is 32.0. The number of hydrogen-bond donors (Lipinski definition) is 4. The van der Waals surface area contributed by atoms with Gasteiger partial charge in [0.1, 0.15) is 29.6 Å². The molecule has 0 aliphatic carbocycles. The van der Waals surface area contributed by atoms with Crippen molar-refractivity contribution in [3.05, 3.63) is 76.4 Å². The lowest BCUT2D eigenvalue weighted by atomic mass is 10.00. The van der Waals surface area contributed by atoms with Gasteiger partial charge in [0, 0.05) is 19.6 Å². The highest BCUT2D eigenvalue weighted by atomic mass is 16.4. The maximum Gasteiger partial charge on any atom is 0.287 e. The molecule has 5 rings (SSSR count). The molecule has 4 heterocycles. The summed E-state index contributed by atoms with van der Waals surface area (Å²) < 4.78 is 11.8. The summed E-state index contributed by atoms with van der Waals surface area (Å²) >= 11 is 0. The van der Waals surface area contributed by atoms with Crippen molar-refractivity contribution in [3.8, 4) is 0 Å². The van der Waals surface area contributed by atoms with Crippen molar-refractivity contribution in [3.63, 3.8) is 0 Å². The number of nitrogens with zero attached hydrogens (tertiary/aromatic N) is 2. The van der Waals surface area contributed by atoms with E-state index in [0.29, 0.717) is 38.1 Å². The van der Waals surface area contributed by atoms with Crippen LogP contribution in [0.25, 0.3) is 0 Å². The molecule has 240 valence electrons. The first-order valence-electron chi connectivity index (χ1n) is 15.6. The summed E-state index contributed by atoms with van der Waals surface area (Å²) in [6.07, 6.45) is 2.42. The van der Waals surface area contributed by atoms with Gasteiger partial charge in [0.25, 0.3) is 11.8 Å². The number of hydrogen-bond acceptors (Lipinski definition) is 8. The van der Waals surface area contributed by atoms with Crippen LogP contribution in [0.15, 0.2) is 45.2 Å². The van der Waals surface area contributed by atoms with Gasteiger partial charge in [-0.25, -0.2) is 4.98 Å². The number of aromatic nitrogens is 1. The Balaban J connectivity index is 1.29. The predicted octanol–water partition coefficient (Wildman–Crippen LogP) is 3.16. The van der Waals surface area contributed by atoms with Crippen LogP contribution >= 0.6 is 0 Å². The van der Waals surface area contributed by atoms with Crippen LogP contribution in [0.5, 0.6) is 0 Å². The molecule has 4 N–H and O–H groups in total. The van der Waals surface area contributed by atoms with Crippen molar-refractivity contribution in [2.45, 2.75) is 84.6 Å². The van der Waals surface area contributed by atoms with E-state index in [2.05, 4.69) is 49.4 Å². The zero-order valence-electron chi connectivity index (χ0n) is 26.3. The first-order chi connectivity index (χ1) is 21.6. The van der Waals surface area contributed by atoms with Crippen LogP contribution in [0.1, 0.15) is 95.7 Å². The van der Waals surface area contributed by atoms with Crippen LogP contribution in [-0.4, -0.2) is 58.7 Å². The topological polar surface area (TPSA) is 159 Å². The molecule has 1 aromatic carbocycles. The molecule has 2 aliphatic heterocycles. The van der Waals surface area contributed by atoms with Crippen molar-refractivity contribution in [1.82, 2.24) is 31.2 Å². The minimum absolute atomic E-state index is 0.0453. The highest BCUT2D eigenvalue weighted by molar-refractivity contribution is 5.97. The maximum absolute atomic E-state index is 13.6. The van der Waals surface area contributed by atoms with E-state index in [1.165, 1.54) is 11.1 Å². The number of carbonyl (C=O) groups is 4. The molecule has 0 saturated carbocycles. The van der Waals surface area contributed by atoms with Gasteiger partial charge in [0.15, 0.2) is 11.5 Å². The van der Waals surface area contributed by atoms with E-state index < -0.39 is 35.8 Å². The first-order valence-corrected chi connectivity index (χ1v) is 15.6. The average molecular weight is 619 g/mol. The molecule has 3 aromatic rings. The number of oxazole rings is 1. The molecule has 3 atom stereocenters. The molecule has 0 fully saturated rings. The molecule has 45 heavy (non-hydrogen) atoms. The van der Waals surface area contributed by atoms with Gasteiger partial charge >= 0.3 is 0 Å². The van der Waals surface area contributed by atoms with Crippen LogP contribution in [0.3, 0.4) is 0 Å². The van der Waals surface area contributed by atoms with Gasteiger partial charge in [0.2, 0.25) is 17.7 Å². The normalized spacial score (nSPS) is 21.9. The third kappa shape index (κ3) is 7.80. The van der Waals surface area contributed by atoms with Crippen LogP contribution in [0.2, 0.25) is 0 Å². The van der Waals surface area contributed by atoms with Gasteiger partial charge in [-0.2, -0.15) is 0 Å². The van der Waals surface area contributed by atoms with E-state index in [4.69, 9.17) is 8.83 Å². The smallest absolute Gasteiger partial charge is 0.287 e. The lowest BCUT2D eigenvalue weighted by Gasteiger charge is -2.27. The van der Waals surface area contributed by atoms with Gasteiger partial charge < -0.3 is 30.1 Å². The molecule has 2 bridgehead atoms. The largest absolute Gasteiger partial charge is 0.455 e. The van der Waals surface area contributed by atoms with E-state index in [-0.39, 0.29) is 34.9 Å². The van der Waals surface area contributed by atoms with Crippen molar-refractivity contribution in [2.75, 3.05) is 13.1 Å². The standard InChI is InChI=1S/C33H42N6O6/c1-19(2)27-33-38-28(21(4)44-33)32(43)35-20(3)29(40)34-15-8-7-11-25(30(41)37-27)36-31(42)26-13-12-24(45-26)18-39-16-14-22-9-5-6-10-23(22)17-39/h5-6,9-10,12-13,19-20,25,27H,7-8,11,14-18H2,1-4H3,(H,34,40)(H,35,43)(H,36,42)(H,37,41)/t20-,25+,27+/m1/s1. The maximum atomic E-state index is 13.6. The van der Waals surface area contributed by atoms with Gasteiger partial charge in [-0.05, 0) is 68.7 Å². The molecule has 0 saturated heterocycles. The van der Waals surface area contributed by atoms with Gasteiger partial charge in [-0.15, -0.1) is 0 Å². The highest BCUT2D eigenvalue weighted by Crippen LogP contribution is 2.25. The Hall–Kier alpha value is -4.45. The summed E-state index contributed by atoms with van der Waals surface area (Å²) in [4.78, 5) is 59.0. The number of furan rings is 1. The number of amides is 4. The SMILES string of the molecule is Cc1oc2nc1C(=O)N[C@H](C)C(=O)NCCCC[C@H](NC(=O)c1ccc(CN3CCc4ccccc4C3)o1)C(=O)N[C@H]2C(C)C. The lowest BCUT2D eigenvalue weighted by molar-refractivity contribution is -0.124. The second kappa shape index (κ2) is 14.1. The molecule has 2 aliphatic rings. The Morgan fingerprint density at radius 1 is 1.04 bits per heavy atom. The van der Waals surface area contributed by atoms with Gasteiger partial charge in [0.05, 0.1) is 6.54 Å². The van der Waals surface area contributed by atoms with Crippen LogP contribution in [0, 0.1) is 12.8 Å². The zero-order chi connectivity index (χ0) is 32.1. The fraction of sp³-hybridized carbons (Fsp3) is 0.485. The summed E-state index contributed by atoms with van der Waals surface area (Å²) in [6, 6.07) is 9.52. The fourth-order valence-corrected chi connectivity index (χ4v) is 5.69. The Morgan fingerprint density at radius 3 is 2.60 bits per heavy atom. The average Bonchev–Trinajstić information content (AvgIpc) is 3.64. The van der Waals surface area contributed by atoms with Crippen LogP contribution in [-0.2, 0) is 29.1 Å². The number of carbonyl (C=O) groups excluding carboxylic acids is 4. The Labute approximate surface area is 262 Å². The van der Waals surface area contributed by atoms with E-state index in [1.807, 2.05) is 19.9 Å². The molecule has 12 nitrogen and oxygen atoms in total. The summed E-state index contributed by atoms with van der Waals surface area (Å²) in [5.74, 6) is -0.675. The summed E-state index contributed by atoms with van der Waals surface area (Å²) in [6.45, 7) is 9.63. The lowest BCUT2D eigenvalue weighted by Crippen LogP contribution is -2.48. The Bertz CT molecular complexity index is 1540. The van der Waals surface area contributed by atoms with Crippen molar-refractivity contribution >= 4 is 23.6 Å². The van der Waals surface area contributed by atoms with E-state index >= 15 is 0 Å². The summed E-state index contributed by atoms with van der Waals surface area (Å²) in [5.41, 5.74) is 2.71. The zero-order valence-corrected chi connectivity index (χ0v) is 26.3. The second-order valence-electron chi connectivity index (χ2n) is 12.2. The number of rotatable bonds is 5. The number of aryl methyl sites for hydroxylation is 1. The predicted molar refractivity (Wildman–Crippen MR) is 165 cm³/mol. The van der Waals surface area contributed by atoms with Gasteiger partial charge in [-0.3, -0.25) is 24.1 Å². The molecule has 4 amide bonds. The van der Waals surface area contributed by atoms with Crippen molar-refractivity contribution in [2.24, 2.45) is 5.92 Å².